The largest absolute Gasteiger partial charge is 0.396 e. The second kappa shape index (κ2) is 7.22. The van der Waals surface area contributed by atoms with E-state index in [1.165, 1.54) is 0 Å². The molecule has 0 spiro atoms. The summed E-state index contributed by atoms with van der Waals surface area (Å²) < 4.78 is 10.8. The number of aliphatic hydroxyl groups excluding tert-OH is 1. The molecule has 1 rings (SSSR count). The van der Waals surface area contributed by atoms with Crippen molar-refractivity contribution in [3.63, 3.8) is 0 Å². The maximum Gasteiger partial charge on any atom is 0.0593 e. The summed E-state index contributed by atoms with van der Waals surface area (Å²) in [5.74, 6) is 0. The van der Waals surface area contributed by atoms with Gasteiger partial charge in [0.05, 0.1) is 19.8 Å². The second-order valence-corrected chi connectivity index (χ2v) is 4.53. The van der Waals surface area contributed by atoms with Gasteiger partial charge in [-0.2, -0.15) is 0 Å². The van der Waals surface area contributed by atoms with Crippen LogP contribution in [0, 0.1) is 5.41 Å². The van der Waals surface area contributed by atoms with Crippen molar-refractivity contribution in [2.45, 2.75) is 20.3 Å². The summed E-state index contributed by atoms with van der Waals surface area (Å²) in [6.45, 7) is 10.2. The minimum absolute atomic E-state index is 0.0395. The van der Waals surface area contributed by atoms with E-state index in [0.29, 0.717) is 6.61 Å². The van der Waals surface area contributed by atoms with Crippen molar-refractivity contribution in [3.8, 4) is 0 Å². The summed E-state index contributed by atoms with van der Waals surface area (Å²) >= 11 is 0. The van der Waals surface area contributed by atoms with Crippen LogP contribution in [-0.4, -0.2) is 62.7 Å². The normalized spacial score (nSPS) is 25.5. The third-order valence-corrected chi connectivity index (χ3v) is 3.28. The maximum absolute atomic E-state index is 9.49. The summed E-state index contributed by atoms with van der Waals surface area (Å²) in [6.07, 6.45) is 0.967. The van der Waals surface area contributed by atoms with E-state index in [0.717, 1.165) is 45.9 Å². The minimum Gasteiger partial charge on any atom is -0.396 e. The number of ether oxygens (including phenoxy) is 2. The molecule has 0 aromatic rings. The molecule has 0 radical (unpaired) electrons. The highest BCUT2D eigenvalue weighted by molar-refractivity contribution is 4.85. The third kappa shape index (κ3) is 4.01. The summed E-state index contributed by atoms with van der Waals surface area (Å²) in [6, 6.07) is 0. The number of rotatable bonds is 8. The first-order chi connectivity index (χ1) is 7.76. The van der Waals surface area contributed by atoms with E-state index in [1.807, 2.05) is 6.92 Å². The lowest BCUT2D eigenvalue weighted by Crippen LogP contribution is -2.42. The monoisotopic (exact) mass is 231 g/mol. The Hall–Kier alpha value is -0.160. The molecule has 16 heavy (non-hydrogen) atoms. The number of aliphatic hydroxyl groups is 1. The number of hydrogen-bond donors (Lipinski definition) is 1. The van der Waals surface area contributed by atoms with Crippen molar-refractivity contribution in [3.05, 3.63) is 0 Å². The standard InChI is InChI=1S/C12H25NO3/c1-3-13(6-8-15-4-2)9-12(10-14)5-7-16-11-12/h14H,3-11H2,1-2H3. The quantitative estimate of drug-likeness (QED) is 0.626. The van der Waals surface area contributed by atoms with Crippen LogP contribution in [0.15, 0.2) is 0 Å². The van der Waals surface area contributed by atoms with E-state index in [9.17, 15) is 5.11 Å². The molecule has 1 unspecified atom stereocenters. The fraction of sp³-hybridized carbons (Fsp3) is 1.00. The van der Waals surface area contributed by atoms with Crippen molar-refractivity contribution >= 4 is 0 Å². The molecule has 1 saturated heterocycles. The molecule has 0 bridgehead atoms. The van der Waals surface area contributed by atoms with Gasteiger partial charge in [-0.3, -0.25) is 0 Å². The SMILES string of the molecule is CCOCCN(CC)CC1(CO)CCOC1. The topological polar surface area (TPSA) is 41.9 Å². The third-order valence-electron chi connectivity index (χ3n) is 3.28. The van der Waals surface area contributed by atoms with Crippen LogP contribution in [0.4, 0.5) is 0 Å². The van der Waals surface area contributed by atoms with Gasteiger partial charge in [0, 0.05) is 31.7 Å². The van der Waals surface area contributed by atoms with Crippen LogP contribution in [0.2, 0.25) is 0 Å². The Morgan fingerprint density at radius 3 is 2.75 bits per heavy atom. The zero-order valence-electron chi connectivity index (χ0n) is 10.6. The summed E-state index contributed by atoms with van der Waals surface area (Å²) in [5.41, 5.74) is -0.0395. The molecule has 0 aliphatic carbocycles. The molecule has 1 N–H and O–H groups in total. The van der Waals surface area contributed by atoms with E-state index < -0.39 is 0 Å². The Labute approximate surface area is 98.5 Å². The molecule has 4 heteroatoms. The molecule has 1 fully saturated rings. The van der Waals surface area contributed by atoms with E-state index in [2.05, 4.69) is 11.8 Å². The zero-order valence-corrected chi connectivity index (χ0v) is 10.6. The van der Waals surface area contributed by atoms with Gasteiger partial charge in [0.15, 0.2) is 0 Å². The Kier molecular flexibility index (Phi) is 6.28. The molecular formula is C12H25NO3. The molecule has 1 aliphatic rings. The van der Waals surface area contributed by atoms with Gasteiger partial charge in [-0.1, -0.05) is 6.92 Å². The zero-order chi connectivity index (χ0) is 11.9. The van der Waals surface area contributed by atoms with Gasteiger partial charge >= 0.3 is 0 Å². The van der Waals surface area contributed by atoms with Gasteiger partial charge in [0.1, 0.15) is 0 Å². The first-order valence-corrected chi connectivity index (χ1v) is 6.25. The van der Waals surface area contributed by atoms with Crippen molar-refractivity contribution in [1.82, 2.24) is 4.90 Å². The van der Waals surface area contributed by atoms with Gasteiger partial charge in [0.25, 0.3) is 0 Å². The van der Waals surface area contributed by atoms with Crippen LogP contribution in [0.25, 0.3) is 0 Å². The average molecular weight is 231 g/mol. The fourth-order valence-corrected chi connectivity index (χ4v) is 2.11. The van der Waals surface area contributed by atoms with Crippen LogP contribution in [0.3, 0.4) is 0 Å². The summed E-state index contributed by atoms with van der Waals surface area (Å²) in [5, 5.41) is 9.49. The highest BCUT2D eigenvalue weighted by atomic mass is 16.5. The second-order valence-electron chi connectivity index (χ2n) is 4.53. The lowest BCUT2D eigenvalue weighted by molar-refractivity contribution is 0.0441. The Morgan fingerprint density at radius 2 is 2.25 bits per heavy atom. The van der Waals surface area contributed by atoms with E-state index in [4.69, 9.17) is 9.47 Å². The van der Waals surface area contributed by atoms with Crippen molar-refractivity contribution in [2.75, 3.05) is 52.7 Å². The smallest absolute Gasteiger partial charge is 0.0593 e. The van der Waals surface area contributed by atoms with Gasteiger partial charge in [0.2, 0.25) is 0 Å². The molecule has 1 heterocycles. The van der Waals surface area contributed by atoms with Gasteiger partial charge in [-0.15, -0.1) is 0 Å². The Morgan fingerprint density at radius 1 is 1.44 bits per heavy atom. The first kappa shape index (κ1) is 13.9. The van der Waals surface area contributed by atoms with Crippen LogP contribution in [0.5, 0.6) is 0 Å². The number of nitrogens with zero attached hydrogens (tertiary/aromatic N) is 1. The maximum atomic E-state index is 9.49. The molecule has 0 saturated carbocycles. The van der Waals surface area contributed by atoms with Gasteiger partial charge < -0.3 is 19.5 Å². The van der Waals surface area contributed by atoms with E-state index in [-0.39, 0.29) is 12.0 Å². The van der Waals surface area contributed by atoms with Crippen molar-refractivity contribution < 1.29 is 14.6 Å². The predicted molar refractivity (Wildman–Crippen MR) is 63.6 cm³/mol. The molecule has 4 nitrogen and oxygen atoms in total. The molecule has 0 aromatic carbocycles. The first-order valence-electron chi connectivity index (χ1n) is 6.25. The van der Waals surface area contributed by atoms with Crippen molar-refractivity contribution in [2.24, 2.45) is 5.41 Å². The van der Waals surface area contributed by atoms with Crippen LogP contribution < -0.4 is 0 Å². The van der Waals surface area contributed by atoms with Crippen molar-refractivity contribution in [1.29, 1.82) is 0 Å². The molecule has 96 valence electrons. The lowest BCUT2D eigenvalue weighted by Gasteiger charge is -2.32. The molecule has 0 amide bonds. The lowest BCUT2D eigenvalue weighted by atomic mass is 9.87. The van der Waals surface area contributed by atoms with Crippen LogP contribution in [-0.2, 0) is 9.47 Å². The van der Waals surface area contributed by atoms with E-state index in [1.54, 1.807) is 0 Å². The fourth-order valence-electron chi connectivity index (χ4n) is 2.11. The number of hydrogen-bond acceptors (Lipinski definition) is 4. The van der Waals surface area contributed by atoms with Gasteiger partial charge in [-0.25, -0.2) is 0 Å². The average Bonchev–Trinajstić information content (AvgIpc) is 2.77. The molecule has 1 aliphatic heterocycles. The highest BCUT2D eigenvalue weighted by Crippen LogP contribution is 2.28. The molecule has 0 aromatic heterocycles. The summed E-state index contributed by atoms with van der Waals surface area (Å²) in [4.78, 5) is 2.33. The number of likely N-dealkylation sites (N-methyl/N-ethyl adjacent to an activating group) is 1. The Balaban J connectivity index is 2.35. The summed E-state index contributed by atoms with van der Waals surface area (Å²) in [7, 11) is 0. The van der Waals surface area contributed by atoms with Crippen LogP contribution in [0.1, 0.15) is 20.3 Å². The Bertz CT molecular complexity index is 181. The molecular weight excluding hydrogens is 206 g/mol. The van der Waals surface area contributed by atoms with Gasteiger partial charge in [-0.05, 0) is 19.9 Å². The van der Waals surface area contributed by atoms with E-state index >= 15 is 0 Å². The molecule has 1 atom stereocenters. The van der Waals surface area contributed by atoms with Crippen LogP contribution >= 0.6 is 0 Å². The predicted octanol–water partition coefficient (Wildman–Crippen LogP) is 0.744. The minimum atomic E-state index is -0.0395. The highest BCUT2D eigenvalue weighted by Gasteiger charge is 2.35.